The highest BCUT2D eigenvalue weighted by Gasteiger charge is 2.13. The molecule has 0 atom stereocenters. The summed E-state index contributed by atoms with van der Waals surface area (Å²) in [7, 11) is 0. The van der Waals surface area contributed by atoms with E-state index in [9.17, 15) is 14.4 Å². The van der Waals surface area contributed by atoms with Crippen LogP contribution in [0.3, 0.4) is 0 Å². The van der Waals surface area contributed by atoms with Crippen LogP contribution in [0.1, 0.15) is 10.4 Å². The summed E-state index contributed by atoms with van der Waals surface area (Å²) < 4.78 is 1.10. The maximum Gasteiger partial charge on any atom is 0.347 e. The fraction of sp³-hybridized carbons (Fsp3) is 0.0769. The molecule has 0 fully saturated rings. The summed E-state index contributed by atoms with van der Waals surface area (Å²) in [5, 5.41) is 11.7. The van der Waals surface area contributed by atoms with Crippen molar-refractivity contribution in [2.24, 2.45) is 0 Å². The predicted octanol–water partition coefficient (Wildman–Crippen LogP) is 1.23. The van der Waals surface area contributed by atoms with E-state index in [1.807, 2.05) is 0 Å². The van der Waals surface area contributed by atoms with Gasteiger partial charge in [-0.15, -0.1) is 0 Å². The van der Waals surface area contributed by atoms with E-state index in [2.05, 4.69) is 10.3 Å². The molecule has 0 unspecified atom stereocenters. The minimum absolute atomic E-state index is 0.105. The molecule has 21 heavy (non-hydrogen) atoms. The summed E-state index contributed by atoms with van der Waals surface area (Å²) in [6.45, 7) is -0.269. The van der Waals surface area contributed by atoms with Gasteiger partial charge in [-0.25, -0.2) is 14.6 Å². The highest BCUT2D eigenvalue weighted by molar-refractivity contribution is 6.31. The van der Waals surface area contributed by atoms with Gasteiger partial charge < -0.3 is 10.4 Å². The Hall–Kier alpha value is -2.67. The van der Waals surface area contributed by atoms with Gasteiger partial charge in [-0.1, -0.05) is 11.6 Å². The summed E-state index contributed by atoms with van der Waals surface area (Å²) in [6.07, 6.45) is 2.73. The molecule has 0 saturated heterocycles. The van der Waals surface area contributed by atoms with E-state index >= 15 is 0 Å². The minimum atomic E-state index is -1.22. The Bertz CT molecular complexity index is 757. The summed E-state index contributed by atoms with van der Waals surface area (Å²) in [5.41, 5.74) is -0.592. The second-order valence-electron chi connectivity index (χ2n) is 4.07. The number of aromatic nitrogens is 2. The Morgan fingerprint density at radius 1 is 1.38 bits per heavy atom. The Balaban J connectivity index is 2.19. The quantitative estimate of drug-likeness (QED) is 0.884. The van der Waals surface area contributed by atoms with Crippen molar-refractivity contribution in [3.63, 3.8) is 0 Å². The monoisotopic (exact) mass is 307 g/mol. The molecule has 0 bridgehead atoms. The number of carbonyl (C=O) groups is 2. The maximum atomic E-state index is 11.9. The van der Waals surface area contributed by atoms with Crippen LogP contribution in [-0.4, -0.2) is 26.5 Å². The number of benzene rings is 1. The number of anilines is 1. The fourth-order valence-electron chi connectivity index (χ4n) is 1.65. The Labute approximate surface area is 123 Å². The molecular formula is C13H10ClN3O4. The van der Waals surface area contributed by atoms with E-state index in [0.29, 0.717) is 0 Å². The van der Waals surface area contributed by atoms with E-state index in [0.717, 1.165) is 4.57 Å². The smallest absolute Gasteiger partial charge is 0.347 e. The number of amides is 1. The number of hydrogen-bond donors (Lipinski definition) is 2. The van der Waals surface area contributed by atoms with Crippen molar-refractivity contribution in [1.82, 2.24) is 9.55 Å². The largest absolute Gasteiger partial charge is 0.478 e. The molecule has 0 saturated carbocycles. The standard InChI is InChI=1S/C13H10ClN3O4/c14-8-2-3-10(9(6-8)12(19)20)16-11(18)7-17-5-1-4-15-13(17)21/h1-6H,7H2,(H,16,18)(H,19,20). The summed E-state index contributed by atoms with van der Waals surface area (Å²) in [6, 6.07) is 5.59. The van der Waals surface area contributed by atoms with Crippen LogP contribution >= 0.6 is 11.6 Å². The molecule has 108 valence electrons. The second kappa shape index (κ2) is 6.19. The van der Waals surface area contributed by atoms with Crippen LogP contribution in [0.25, 0.3) is 0 Å². The topological polar surface area (TPSA) is 101 Å². The van der Waals surface area contributed by atoms with Crippen LogP contribution in [-0.2, 0) is 11.3 Å². The van der Waals surface area contributed by atoms with Crippen molar-refractivity contribution in [3.8, 4) is 0 Å². The van der Waals surface area contributed by atoms with Gasteiger partial charge in [0.15, 0.2) is 0 Å². The first-order chi connectivity index (χ1) is 9.97. The molecule has 1 amide bonds. The molecule has 0 radical (unpaired) electrons. The molecular weight excluding hydrogens is 298 g/mol. The number of nitrogens with zero attached hydrogens (tertiary/aromatic N) is 2. The van der Waals surface area contributed by atoms with Crippen molar-refractivity contribution < 1.29 is 14.7 Å². The lowest BCUT2D eigenvalue weighted by Crippen LogP contribution is -2.28. The van der Waals surface area contributed by atoms with Gasteiger partial charge in [0.25, 0.3) is 0 Å². The lowest BCUT2D eigenvalue weighted by Gasteiger charge is -2.09. The highest BCUT2D eigenvalue weighted by atomic mass is 35.5. The highest BCUT2D eigenvalue weighted by Crippen LogP contribution is 2.20. The number of aromatic carboxylic acids is 1. The molecule has 7 nitrogen and oxygen atoms in total. The Morgan fingerprint density at radius 2 is 2.14 bits per heavy atom. The van der Waals surface area contributed by atoms with Gasteiger partial charge in [0.1, 0.15) is 6.54 Å². The average molecular weight is 308 g/mol. The number of carbonyl (C=O) groups excluding carboxylic acids is 1. The van der Waals surface area contributed by atoms with E-state index in [1.165, 1.54) is 36.7 Å². The van der Waals surface area contributed by atoms with Gasteiger partial charge >= 0.3 is 11.7 Å². The molecule has 0 aliphatic carbocycles. The first-order valence-electron chi connectivity index (χ1n) is 5.81. The van der Waals surface area contributed by atoms with Crippen molar-refractivity contribution in [3.05, 3.63) is 57.7 Å². The van der Waals surface area contributed by atoms with Crippen LogP contribution in [0.5, 0.6) is 0 Å². The third-order valence-corrected chi connectivity index (χ3v) is 2.82. The zero-order valence-corrected chi connectivity index (χ0v) is 11.4. The molecule has 2 aromatic rings. The number of carboxylic acids is 1. The van der Waals surface area contributed by atoms with Crippen LogP contribution in [0, 0.1) is 0 Å². The van der Waals surface area contributed by atoms with Crippen LogP contribution in [0.2, 0.25) is 5.02 Å². The van der Waals surface area contributed by atoms with Gasteiger partial charge in [0.05, 0.1) is 11.3 Å². The molecule has 2 N–H and O–H groups in total. The number of hydrogen-bond acceptors (Lipinski definition) is 4. The normalized spacial score (nSPS) is 10.1. The van der Waals surface area contributed by atoms with Gasteiger partial charge in [0.2, 0.25) is 5.91 Å². The Kier molecular flexibility index (Phi) is 4.34. The molecule has 2 rings (SSSR count). The fourth-order valence-corrected chi connectivity index (χ4v) is 1.83. The lowest BCUT2D eigenvalue weighted by molar-refractivity contribution is -0.116. The number of rotatable bonds is 4. The summed E-state index contributed by atoms with van der Waals surface area (Å²) >= 11 is 5.72. The van der Waals surface area contributed by atoms with E-state index in [1.54, 1.807) is 0 Å². The molecule has 1 aromatic carbocycles. The van der Waals surface area contributed by atoms with Gasteiger partial charge in [-0.2, -0.15) is 0 Å². The first kappa shape index (κ1) is 14.7. The van der Waals surface area contributed by atoms with Gasteiger partial charge in [-0.05, 0) is 24.3 Å². The molecule has 1 heterocycles. The van der Waals surface area contributed by atoms with Crippen molar-refractivity contribution in [2.45, 2.75) is 6.54 Å². The molecule has 1 aromatic heterocycles. The van der Waals surface area contributed by atoms with Gasteiger partial charge in [0, 0.05) is 17.4 Å². The van der Waals surface area contributed by atoms with Crippen LogP contribution < -0.4 is 11.0 Å². The molecule has 0 aliphatic heterocycles. The minimum Gasteiger partial charge on any atom is -0.478 e. The van der Waals surface area contributed by atoms with Crippen molar-refractivity contribution in [1.29, 1.82) is 0 Å². The van der Waals surface area contributed by atoms with Crippen LogP contribution in [0.4, 0.5) is 5.69 Å². The molecule has 0 spiro atoms. The SMILES string of the molecule is O=C(Cn1cccnc1=O)Nc1ccc(Cl)cc1C(=O)O. The molecule has 8 heteroatoms. The average Bonchev–Trinajstić information content (AvgIpc) is 2.43. The number of nitrogens with one attached hydrogen (secondary N) is 1. The summed E-state index contributed by atoms with van der Waals surface area (Å²) in [5.74, 6) is -1.76. The summed E-state index contributed by atoms with van der Waals surface area (Å²) in [4.78, 5) is 37.9. The van der Waals surface area contributed by atoms with Crippen LogP contribution in [0.15, 0.2) is 41.5 Å². The van der Waals surface area contributed by atoms with Crippen molar-refractivity contribution in [2.75, 3.05) is 5.32 Å². The van der Waals surface area contributed by atoms with E-state index < -0.39 is 17.6 Å². The zero-order chi connectivity index (χ0) is 15.4. The number of carboxylic acid groups (broad SMARTS) is 1. The predicted molar refractivity (Wildman–Crippen MR) is 75.5 cm³/mol. The first-order valence-corrected chi connectivity index (χ1v) is 6.19. The lowest BCUT2D eigenvalue weighted by atomic mass is 10.2. The van der Waals surface area contributed by atoms with E-state index in [-0.39, 0.29) is 22.8 Å². The Morgan fingerprint density at radius 3 is 2.81 bits per heavy atom. The second-order valence-corrected chi connectivity index (χ2v) is 4.51. The third kappa shape index (κ3) is 3.67. The van der Waals surface area contributed by atoms with Gasteiger partial charge in [-0.3, -0.25) is 9.36 Å². The number of halogens is 1. The van der Waals surface area contributed by atoms with E-state index in [4.69, 9.17) is 16.7 Å². The maximum absolute atomic E-state index is 11.9. The zero-order valence-electron chi connectivity index (χ0n) is 10.6. The third-order valence-electron chi connectivity index (χ3n) is 2.58. The molecule has 0 aliphatic rings. The van der Waals surface area contributed by atoms with Crippen molar-refractivity contribution >= 4 is 29.2 Å².